The van der Waals surface area contributed by atoms with Crippen LogP contribution in [0.3, 0.4) is 0 Å². The molecule has 0 saturated carbocycles. The largest absolute Gasteiger partial charge is 0.548 e. The number of hydrogen-bond donors (Lipinski definition) is 2. The van der Waals surface area contributed by atoms with Crippen molar-refractivity contribution in [2.75, 3.05) is 5.32 Å². The van der Waals surface area contributed by atoms with Gasteiger partial charge in [0.15, 0.2) is 0 Å². The normalized spacial score (nSPS) is 13.9. The number of carbonyl (C=O) groups is 1. The zero-order valence-corrected chi connectivity index (χ0v) is 12.0. The van der Waals surface area contributed by atoms with Gasteiger partial charge in [-0.15, -0.1) is 0 Å². The number of aromatic nitrogens is 1. The topological polar surface area (TPSA) is 86.5 Å². The molecule has 22 heavy (non-hydrogen) atoms. The number of H-pyrrole nitrogens is 1. The molecule has 5 heteroatoms. The number of aliphatic hydroxyl groups is 1. The Morgan fingerprint density at radius 3 is 2.05 bits per heavy atom. The van der Waals surface area contributed by atoms with Crippen LogP contribution in [0.15, 0.2) is 48.5 Å². The number of aliphatic carboxylic acids is 1. The van der Waals surface area contributed by atoms with Gasteiger partial charge in [-0.1, -0.05) is 24.3 Å². The van der Waals surface area contributed by atoms with E-state index in [-0.39, 0.29) is 0 Å². The van der Waals surface area contributed by atoms with E-state index >= 15 is 0 Å². The fourth-order valence-electron chi connectivity index (χ4n) is 2.60. The molecule has 2 atom stereocenters. The van der Waals surface area contributed by atoms with Gasteiger partial charge in [0, 0.05) is 12.1 Å². The van der Waals surface area contributed by atoms with Crippen molar-refractivity contribution in [1.29, 1.82) is 0 Å². The van der Waals surface area contributed by atoms with Crippen molar-refractivity contribution >= 4 is 33.5 Å². The molecule has 0 spiro atoms. The quantitative estimate of drug-likeness (QED) is 0.695. The Kier molecular flexibility index (Phi) is 3.65. The molecule has 0 bridgehead atoms. The fraction of sp³-hybridized carbons (Fsp3) is 0.176. The second-order valence-electron chi connectivity index (χ2n) is 5.27. The fourth-order valence-corrected chi connectivity index (χ4v) is 2.60. The summed E-state index contributed by atoms with van der Waals surface area (Å²) in [6.07, 6.45) is -1.08. The Hall–Kier alpha value is -2.66. The van der Waals surface area contributed by atoms with E-state index in [4.69, 9.17) is 0 Å². The maximum Gasteiger partial charge on any atom is 0.213 e. The predicted molar refractivity (Wildman–Crippen MR) is 82.1 cm³/mol. The Morgan fingerprint density at radius 2 is 1.59 bits per heavy atom. The molecule has 0 saturated heterocycles. The lowest BCUT2D eigenvalue weighted by molar-refractivity contribution is -0.310. The van der Waals surface area contributed by atoms with Crippen molar-refractivity contribution < 1.29 is 20.0 Å². The number of carbonyl (C=O) groups excluding carboxylic acids is 1. The lowest BCUT2D eigenvalue weighted by Gasteiger charge is -2.24. The standard InChI is InChI=1S/C17H16N2O3/c1-10(20)15(17(21)22)19-16-11-6-2-4-8-13(11)18-14-9-5-3-7-12(14)16/h2-10,15,20H,1H3,(H,18,19)(H,21,22)/t10-,15+/m0/s1. The van der Waals surface area contributed by atoms with Crippen LogP contribution in [0.2, 0.25) is 0 Å². The molecule has 0 unspecified atom stereocenters. The number of para-hydroxylation sites is 2. The number of anilines is 1. The van der Waals surface area contributed by atoms with Crippen LogP contribution in [0.4, 0.5) is 5.69 Å². The Balaban J connectivity index is 2.26. The zero-order valence-electron chi connectivity index (χ0n) is 12.0. The van der Waals surface area contributed by atoms with Crippen LogP contribution in [0.1, 0.15) is 6.92 Å². The van der Waals surface area contributed by atoms with Gasteiger partial charge in [0.1, 0.15) is 0 Å². The molecular weight excluding hydrogens is 280 g/mol. The highest BCUT2D eigenvalue weighted by Gasteiger charge is 2.20. The number of carboxylic acids is 1. The number of pyridine rings is 1. The third kappa shape index (κ3) is 2.46. The summed E-state index contributed by atoms with van der Waals surface area (Å²) in [5.74, 6) is -1.34. The van der Waals surface area contributed by atoms with Crippen LogP contribution < -0.4 is 15.4 Å². The SMILES string of the molecule is C[C@H](O)[C@@H](Nc1c2ccccc2[nH+]c2ccccc12)C(=O)[O-]. The van der Waals surface area contributed by atoms with E-state index in [0.717, 1.165) is 21.8 Å². The molecule has 3 rings (SSSR count). The zero-order chi connectivity index (χ0) is 15.7. The molecule has 0 fully saturated rings. The average Bonchev–Trinajstić information content (AvgIpc) is 2.50. The summed E-state index contributed by atoms with van der Waals surface area (Å²) in [7, 11) is 0. The van der Waals surface area contributed by atoms with Crippen molar-refractivity contribution in [2.24, 2.45) is 0 Å². The van der Waals surface area contributed by atoms with Crippen LogP contribution in [0.5, 0.6) is 0 Å². The molecule has 5 nitrogen and oxygen atoms in total. The van der Waals surface area contributed by atoms with Gasteiger partial charge in [-0.3, -0.25) is 0 Å². The third-order valence-corrected chi connectivity index (χ3v) is 3.70. The van der Waals surface area contributed by atoms with E-state index in [1.807, 2.05) is 48.5 Å². The van der Waals surface area contributed by atoms with Crippen LogP contribution in [0.25, 0.3) is 21.8 Å². The number of aromatic amines is 1. The van der Waals surface area contributed by atoms with Gasteiger partial charge in [-0.2, -0.15) is 0 Å². The minimum absolute atomic E-state index is 0.667. The minimum atomic E-state index is -1.34. The Morgan fingerprint density at radius 1 is 1.09 bits per heavy atom. The molecule has 1 heterocycles. The number of hydrogen-bond acceptors (Lipinski definition) is 4. The summed E-state index contributed by atoms with van der Waals surface area (Å²) in [6, 6.07) is 14.0. The van der Waals surface area contributed by atoms with Crippen LogP contribution in [-0.4, -0.2) is 23.2 Å². The second-order valence-corrected chi connectivity index (χ2v) is 5.27. The number of benzene rings is 2. The number of aliphatic hydroxyl groups excluding tert-OH is 1. The third-order valence-electron chi connectivity index (χ3n) is 3.70. The highest BCUT2D eigenvalue weighted by atomic mass is 16.4. The number of fused-ring (bicyclic) bond motifs is 2. The maximum atomic E-state index is 11.3. The van der Waals surface area contributed by atoms with Crippen molar-refractivity contribution in [3.05, 3.63) is 48.5 Å². The summed E-state index contributed by atoms with van der Waals surface area (Å²) < 4.78 is 0. The highest BCUT2D eigenvalue weighted by Crippen LogP contribution is 2.29. The van der Waals surface area contributed by atoms with E-state index in [0.29, 0.717) is 5.69 Å². The first-order chi connectivity index (χ1) is 10.6. The molecule has 2 aromatic carbocycles. The Bertz CT molecular complexity index is 792. The van der Waals surface area contributed by atoms with E-state index in [9.17, 15) is 15.0 Å². The summed E-state index contributed by atoms with van der Waals surface area (Å²) in [4.78, 5) is 14.6. The van der Waals surface area contributed by atoms with Crippen molar-refractivity contribution in [2.45, 2.75) is 19.1 Å². The van der Waals surface area contributed by atoms with Crippen LogP contribution in [0, 0.1) is 0 Å². The summed E-state index contributed by atoms with van der Waals surface area (Å²) in [5.41, 5.74) is 2.43. The maximum absolute atomic E-state index is 11.3. The van der Waals surface area contributed by atoms with Gasteiger partial charge in [-0.25, -0.2) is 4.98 Å². The molecule has 0 radical (unpaired) electrons. The lowest BCUT2D eigenvalue weighted by atomic mass is 10.1. The average molecular weight is 296 g/mol. The van der Waals surface area contributed by atoms with Gasteiger partial charge in [0.05, 0.1) is 34.6 Å². The molecule has 0 aliphatic heterocycles. The molecule has 3 N–H and O–H groups in total. The molecule has 0 aliphatic rings. The highest BCUT2D eigenvalue weighted by molar-refractivity contribution is 6.05. The molecule has 0 amide bonds. The number of nitrogens with one attached hydrogen (secondary N) is 2. The first-order valence-corrected chi connectivity index (χ1v) is 7.06. The van der Waals surface area contributed by atoms with E-state index < -0.39 is 18.1 Å². The smallest absolute Gasteiger partial charge is 0.213 e. The Labute approximate surface area is 127 Å². The first kappa shape index (κ1) is 14.3. The molecule has 0 aliphatic carbocycles. The number of carboxylic acid groups (broad SMARTS) is 1. The molecule has 3 aromatic rings. The summed E-state index contributed by atoms with van der Waals surface area (Å²) in [6.45, 7) is 1.42. The molecule has 1 aromatic heterocycles. The second kappa shape index (κ2) is 5.61. The monoisotopic (exact) mass is 296 g/mol. The summed E-state index contributed by atoms with van der Waals surface area (Å²) >= 11 is 0. The van der Waals surface area contributed by atoms with Gasteiger partial charge >= 0.3 is 0 Å². The van der Waals surface area contributed by atoms with Gasteiger partial charge in [0.25, 0.3) is 0 Å². The van der Waals surface area contributed by atoms with Crippen molar-refractivity contribution in [3.8, 4) is 0 Å². The van der Waals surface area contributed by atoms with Gasteiger partial charge < -0.3 is 20.3 Å². The van der Waals surface area contributed by atoms with Gasteiger partial charge in [-0.05, 0) is 19.1 Å². The summed E-state index contributed by atoms with van der Waals surface area (Å²) in [5, 5.41) is 25.6. The molecule has 112 valence electrons. The van der Waals surface area contributed by atoms with E-state index in [1.54, 1.807) is 0 Å². The molecular formula is C17H16N2O3. The number of rotatable bonds is 4. The minimum Gasteiger partial charge on any atom is -0.548 e. The van der Waals surface area contributed by atoms with Crippen molar-refractivity contribution in [3.63, 3.8) is 0 Å². The predicted octanol–water partition coefficient (Wildman–Crippen LogP) is 0.718. The van der Waals surface area contributed by atoms with Crippen LogP contribution in [-0.2, 0) is 4.79 Å². The van der Waals surface area contributed by atoms with E-state index in [1.165, 1.54) is 6.92 Å². The van der Waals surface area contributed by atoms with Gasteiger partial charge in [0.2, 0.25) is 11.0 Å². The van der Waals surface area contributed by atoms with Crippen molar-refractivity contribution in [1.82, 2.24) is 0 Å². The van der Waals surface area contributed by atoms with Crippen LogP contribution >= 0.6 is 0 Å². The first-order valence-electron chi connectivity index (χ1n) is 7.06. The lowest BCUT2D eigenvalue weighted by Crippen LogP contribution is -2.47. The van der Waals surface area contributed by atoms with E-state index in [2.05, 4.69) is 10.3 Å².